The molecule has 0 unspecified atom stereocenters. The van der Waals surface area contributed by atoms with Crippen LogP contribution < -0.4 is 0 Å². The lowest BCUT2D eigenvalue weighted by atomic mass is 10.3. The van der Waals surface area contributed by atoms with Crippen molar-refractivity contribution in [3.05, 3.63) is 48.8 Å². The lowest BCUT2D eigenvalue weighted by molar-refractivity contribution is -0.139. The Kier molecular flexibility index (Phi) is 9.18. The molecule has 3 heteroatoms. The first-order valence-electron chi connectivity index (χ1n) is 5.97. The number of esters is 1. The van der Waals surface area contributed by atoms with Crippen LogP contribution in [0.4, 0.5) is 0 Å². The highest BCUT2D eigenvalue weighted by Gasteiger charge is 2.00. The van der Waals surface area contributed by atoms with Crippen molar-refractivity contribution in [2.45, 2.75) is 26.7 Å². The van der Waals surface area contributed by atoms with Crippen LogP contribution in [0.3, 0.4) is 0 Å². The van der Waals surface area contributed by atoms with Crippen LogP contribution in [-0.4, -0.2) is 17.6 Å². The van der Waals surface area contributed by atoms with Gasteiger partial charge in [-0.25, -0.2) is 4.79 Å². The molecular formula is C15H21NO2. The molecule has 0 saturated heterocycles. The predicted molar refractivity (Wildman–Crippen MR) is 75.0 cm³/mol. The van der Waals surface area contributed by atoms with E-state index in [9.17, 15) is 4.79 Å². The maximum Gasteiger partial charge on any atom is 0.333 e. The molecule has 1 heterocycles. The maximum absolute atomic E-state index is 10.7. The van der Waals surface area contributed by atoms with Crippen LogP contribution in [-0.2, 0) is 9.53 Å². The zero-order chi connectivity index (χ0) is 13.8. The first-order valence-corrected chi connectivity index (χ1v) is 5.97. The lowest BCUT2D eigenvalue weighted by Crippen LogP contribution is -2.05. The average molecular weight is 247 g/mol. The van der Waals surface area contributed by atoms with E-state index in [1.807, 2.05) is 18.2 Å². The molecule has 3 nitrogen and oxygen atoms in total. The second kappa shape index (κ2) is 10.3. The first kappa shape index (κ1) is 16.1. The zero-order valence-electron chi connectivity index (χ0n) is 11.2. The fourth-order valence-corrected chi connectivity index (χ4v) is 0.929. The highest BCUT2D eigenvalue weighted by molar-refractivity contribution is 5.86. The number of hydrogen-bond donors (Lipinski definition) is 0. The molecule has 0 amide bonds. The molecule has 0 fully saturated rings. The minimum Gasteiger partial charge on any atom is -0.462 e. The Bertz CT molecular complexity index is 371. The van der Waals surface area contributed by atoms with Crippen molar-refractivity contribution in [3.8, 4) is 0 Å². The zero-order valence-corrected chi connectivity index (χ0v) is 11.2. The Morgan fingerprint density at radius 1 is 1.50 bits per heavy atom. The molecule has 1 aromatic rings. The lowest BCUT2D eigenvalue weighted by Gasteiger charge is -2.01. The Labute approximate surface area is 109 Å². The molecule has 0 aliphatic carbocycles. The predicted octanol–water partition coefficient (Wildman–Crippen LogP) is 3.63. The Morgan fingerprint density at radius 2 is 2.22 bits per heavy atom. The van der Waals surface area contributed by atoms with Gasteiger partial charge in [0.2, 0.25) is 0 Å². The van der Waals surface area contributed by atoms with Crippen molar-refractivity contribution >= 4 is 12.0 Å². The number of pyridine rings is 1. The summed E-state index contributed by atoms with van der Waals surface area (Å²) < 4.78 is 4.81. The highest BCUT2D eigenvalue weighted by atomic mass is 16.5. The van der Waals surface area contributed by atoms with Crippen LogP contribution in [0.15, 0.2) is 43.1 Å². The van der Waals surface area contributed by atoms with Gasteiger partial charge in [-0.1, -0.05) is 32.6 Å². The second-order valence-corrected chi connectivity index (χ2v) is 3.73. The number of nitrogens with zero attached hydrogens (tertiary/aromatic N) is 1. The quantitative estimate of drug-likeness (QED) is 0.453. The van der Waals surface area contributed by atoms with E-state index < -0.39 is 0 Å². The van der Waals surface area contributed by atoms with Gasteiger partial charge in [0, 0.05) is 11.8 Å². The van der Waals surface area contributed by atoms with Gasteiger partial charge in [0.15, 0.2) is 0 Å². The maximum atomic E-state index is 10.7. The summed E-state index contributed by atoms with van der Waals surface area (Å²) in [6, 6.07) is 5.73. The van der Waals surface area contributed by atoms with Crippen molar-refractivity contribution in [3.63, 3.8) is 0 Å². The van der Waals surface area contributed by atoms with E-state index >= 15 is 0 Å². The number of carbonyl (C=O) groups excluding carboxylic acids is 1. The van der Waals surface area contributed by atoms with E-state index in [0.29, 0.717) is 12.2 Å². The summed E-state index contributed by atoms with van der Waals surface area (Å²) in [5.41, 5.74) is 1.39. The molecule has 0 atom stereocenters. The minimum atomic E-state index is -0.284. The molecule has 1 aromatic heterocycles. The highest BCUT2D eigenvalue weighted by Crippen LogP contribution is 1.94. The van der Waals surface area contributed by atoms with Crippen molar-refractivity contribution in [1.82, 2.24) is 4.98 Å². The third-order valence-electron chi connectivity index (χ3n) is 1.98. The Morgan fingerprint density at radius 3 is 2.61 bits per heavy atom. The Balaban J connectivity index is 0.000000327. The molecule has 98 valence electrons. The summed E-state index contributed by atoms with van der Waals surface area (Å²) in [5, 5.41) is 0. The molecule has 0 saturated carbocycles. The molecule has 0 bridgehead atoms. The van der Waals surface area contributed by atoms with Gasteiger partial charge in [-0.15, -0.1) is 0 Å². The summed E-state index contributed by atoms with van der Waals surface area (Å²) in [7, 11) is 0. The van der Waals surface area contributed by atoms with Crippen LogP contribution in [0.5, 0.6) is 0 Å². The van der Waals surface area contributed by atoms with Gasteiger partial charge in [0.25, 0.3) is 0 Å². The smallest absolute Gasteiger partial charge is 0.333 e. The largest absolute Gasteiger partial charge is 0.462 e. The van der Waals surface area contributed by atoms with Crippen molar-refractivity contribution < 1.29 is 9.53 Å². The number of carbonyl (C=O) groups is 1. The van der Waals surface area contributed by atoms with E-state index in [2.05, 4.69) is 25.1 Å². The van der Waals surface area contributed by atoms with E-state index in [4.69, 9.17) is 4.74 Å². The van der Waals surface area contributed by atoms with Crippen LogP contribution in [0, 0.1) is 0 Å². The summed E-state index contributed by atoms with van der Waals surface area (Å²) in [6.07, 6.45) is 5.44. The molecular weight excluding hydrogens is 226 g/mol. The van der Waals surface area contributed by atoms with Gasteiger partial charge >= 0.3 is 5.97 Å². The van der Waals surface area contributed by atoms with Crippen molar-refractivity contribution in [2.75, 3.05) is 6.61 Å². The van der Waals surface area contributed by atoms with Crippen LogP contribution in [0.25, 0.3) is 6.08 Å². The summed E-state index contributed by atoms with van der Waals surface area (Å²) >= 11 is 0. The number of aromatic nitrogens is 1. The number of hydrogen-bond acceptors (Lipinski definition) is 3. The molecule has 0 aliphatic rings. The minimum absolute atomic E-state index is 0.284. The normalized spacial score (nSPS) is 8.78. The van der Waals surface area contributed by atoms with Crippen molar-refractivity contribution in [1.29, 1.82) is 0 Å². The number of rotatable bonds is 5. The van der Waals surface area contributed by atoms with E-state index in [0.717, 1.165) is 18.5 Å². The fourth-order valence-electron chi connectivity index (χ4n) is 0.929. The Hall–Kier alpha value is -1.90. The molecule has 0 radical (unpaired) electrons. The van der Waals surface area contributed by atoms with Gasteiger partial charge in [-0.2, -0.15) is 0 Å². The van der Waals surface area contributed by atoms with Gasteiger partial charge in [0.05, 0.1) is 12.3 Å². The van der Waals surface area contributed by atoms with Crippen LogP contribution >= 0.6 is 0 Å². The van der Waals surface area contributed by atoms with Gasteiger partial charge in [-0.3, -0.25) is 4.98 Å². The van der Waals surface area contributed by atoms with Crippen LogP contribution in [0.1, 0.15) is 32.4 Å². The molecule has 18 heavy (non-hydrogen) atoms. The average Bonchev–Trinajstić information content (AvgIpc) is 2.40. The number of unbranched alkanes of at least 4 members (excludes halogenated alkanes) is 1. The molecule has 0 aliphatic heterocycles. The van der Waals surface area contributed by atoms with Crippen molar-refractivity contribution in [2.24, 2.45) is 0 Å². The summed E-state index contributed by atoms with van der Waals surface area (Å²) in [4.78, 5) is 14.7. The van der Waals surface area contributed by atoms with E-state index in [1.165, 1.54) is 0 Å². The first-order chi connectivity index (χ1) is 8.61. The molecule has 0 spiro atoms. The molecule has 0 aromatic carbocycles. The van der Waals surface area contributed by atoms with E-state index in [1.54, 1.807) is 19.2 Å². The second-order valence-electron chi connectivity index (χ2n) is 3.73. The van der Waals surface area contributed by atoms with Gasteiger partial charge in [0.1, 0.15) is 0 Å². The van der Waals surface area contributed by atoms with Gasteiger partial charge < -0.3 is 4.74 Å². The van der Waals surface area contributed by atoms with Gasteiger partial charge in [-0.05, 0) is 31.6 Å². The fraction of sp³-hybridized carbons (Fsp3) is 0.333. The third kappa shape index (κ3) is 8.28. The summed E-state index contributed by atoms with van der Waals surface area (Å²) in [6.45, 7) is 11.2. The van der Waals surface area contributed by atoms with Crippen LogP contribution in [0.2, 0.25) is 0 Å². The molecule has 0 N–H and O–H groups in total. The number of ether oxygens (including phenoxy) is 1. The monoisotopic (exact) mass is 247 g/mol. The third-order valence-corrected chi connectivity index (χ3v) is 1.98. The standard InChI is InChI=1S/C8H14O2.C7H7N/c1-4-5-6-10-8(9)7(2)3;1-2-7-5-3-4-6-8-7/h2,4-6H2,1,3H3;2-6H,1H2. The topological polar surface area (TPSA) is 39.2 Å². The van der Waals surface area contributed by atoms with E-state index in [-0.39, 0.29) is 5.97 Å². The molecule has 1 rings (SSSR count). The summed E-state index contributed by atoms with van der Waals surface area (Å²) in [5.74, 6) is -0.284. The SMILES string of the molecule is C=C(C)C(=O)OCCCC.C=Cc1ccccn1.